The lowest BCUT2D eigenvalue weighted by molar-refractivity contribution is -0.192. The van der Waals surface area contributed by atoms with Gasteiger partial charge >= 0.3 is 17.8 Å². The predicted molar refractivity (Wildman–Crippen MR) is 104 cm³/mol. The zero-order chi connectivity index (χ0) is 24.1. The van der Waals surface area contributed by atoms with Gasteiger partial charge in [0.1, 0.15) is 5.82 Å². The van der Waals surface area contributed by atoms with Crippen molar-refractivity contribution in [2.24, 2.45) is 12.8 Å². The van der Waals surface area contributed by atoms with Gasteiger partial charge in [0.2, 0.25) is 0 Å². The number of aromatic amines is 1. The van der Waals surface area contributed by atoms with Crippen molar-refractivity contribution in [1.29, 1.82) is 0 Å². The minimum Gasteiger partial charge on any atom is -0.475 e. The third kappa shape index (κ3) is 6.58. The number of hydrogen-bond acceptors (Lipinski definition) is 6. The van der Waals surface area contributed by atoms with Crippen LogP contribution in [0.2, 0.25) is 0 Å². The van der Waals surface area contributed by atoms with Gasteiger partial charge in [-0.15, -0.1) is 11.3 Å². The molecule has 0 bridgehead atoms. The fourth-order valence-corrected chi connectivity index (χ4v) is 3.35. The maximum atomic E-state index is 12.8. The van der Waals surface area contributed by atoms with E-state index in [1.807, 2.05) is 25.4 Å². The molecule has 3 rings (SSSR count). The monoisotopic (exact) mass is 480 g/mol. The number of halogens is 5. The zero-order valence-corrected chi connectivity index (χ0v) is 17.2. The fourth-order valence-electron chi connectivity index (χ4n) is 2.38. The molecule has 0 saturated heterocycles. The molecule has 15 heteroatoms. The standard InChI is InChI=1S/C15H16F2N6OS.C2HF3O2/c1-22-7-10(6-19-22)12-3-2-11(25-12)8-23-13(20-21-15(23)24)4-9(5-18)14(16)17;3-2(4,5)1(6)7/h2-3,6-7H,4-5,8,18H2,1H3,(H,21,24);(H,6,7). The van der Waals surface area contributed by atoms with Gasteiger partial charge in [0.05, 0.1) is 12.7 Å². The number of thiophene rings is 1. The van der Waals surface area contributed by atoms with Crippen molar-refractivity contribution in [1.82, 2.24) is 24.5 Å². The zero-order valence-electron chi connectivity index (χ0n) is 16.4. The summed E-state index contributed by atoms with van der Waals surface area (Å²) >= 11 is 1.51. The SMILES string of the molecule is Cn1cc(-c2ccc(Cn3c(CC(CN)=C(F)F)n[nH]c3=O)s2)cn1.O=C(O)C(F)(F)F. The first-order chi connectivity index (χ1) is 14.9. The van der Waals surface area contributed by atoms with Crippen LogP contribution in [0.3, 0.4) is 0 Å². The Bertz CT molecular complexity index is 1160. The summed E-state index contributed by atoms with van der Waals surface area (Å²) in [5.74, 6) is -2.53. The number of hydrogen-bond donors (Lipinski definition) is 3. The Kier molecular flexibility index (Phi) is 8.04. The molecule has 0 aliphatic heterocycles. The molecule has 32 heavy (non-hydrogen) atoms. The van der Waals surface area contributed by atoms with E-state index in [9.17, 15) is 26.7 Å². The fraction of sp³-hybridized carbons (Fsp3) is 0.294. The number of nitrogens with two attached hydrogens (primary N) is 1. The highest BCUT2D eigenvalue weighted by Crippen LogP contribution is 2.28. The van der Waals surface area contributed by atoms with E-state index in [-0.39, 0.29) is 30.9 Å². The van der Waals surface area contributed by atoms with Crippen molar-refractivity contribution < 1.29 is 31.9 Å². The van der Waals surface area contributed by atoms with Crippen LogP contribution in [0.25, 0.3) is 10.4 Å². The Morgan fingerprint density at radius 3 is 2.47 bits per heavy atom. The maximum absolute atomic E-state index is 12.8. The van der Waals surface area contributed by atoms with E-state index in [1.54, 1.807) is 10.9 Å². The molecule has 9 nitrogen and oxygen atoms in total. The van der Waals surface area contributed by atoms with Crippen LogP contribution < -0.4 is 11.4 Å². The normalized spacial score (nSPS) is 11.1. The molecule has 3 aromatic rings. The number of carboxylic acids is 1. The smallest absolute Gasteiger partial charge is 0.475 e. The third-order valence-corrected chi connectivity index (χ3v) is 5.05. The van der Waals surface area contributed by atoms with Crippen molar-refractivity contribution in [3.8, 4) is 10.4 Å². The lowest BCUT2D eigenvalue weighted by Gasteiger charge is -2.05. The summed E-state index contributed by atoms with van der Waals surface area (Å²) in [5.41, 5.74) is 5.63. The van der Waals surface area contributed by atoms with Crippen LogP contribution in [-0.4, -0.2) is 48.3 Å². The van der Waals surface area contributed by atoms with Crippen LogP contribution in [0.1, 0.15) is 10.7 Å². The second kappa shape index (κ2) is 10.3. The van der Waals surface area contributed by atoms with Crippen molar-refractivity contribution in [2.45, 2.75) is 19.1 Å². The second-order valence-corrected chi connectivity index (χ2v) is 7.42. The number of nitrogens with zero attached hydrogens (tertiary/aromatic N) is 4. The average molecular weight is 480 g/mol. The quantitative estimate of drug-likeness (QED) is 0.464. The van der Waals surface area contributed by atoms with Gasteiger partial charge in [-0.1, -0.05) is 0 Å². The van der Waals surface area contributed by atoms with E-state index in [4.69, 9.17) is 15.6 Å². The largest absolute Gasteiger partial charge is 0.490 e. The third-order valence-electron chi connectivity index (χ3n) is 3.93. The van der Waals surface area contributed by atoms with E-state index < -0.39 is 23.9 Å². The van der Waals surface area contributed by atoms with E-state index in [1.165, 1.54) is 15.9 Å². The van der Waals surface area contributed by atoms with Crippen molar-refractivity contribution >= 4 is 17.3 Å². The minimum absolute atomic E-state index is 0.168. The first kappa shape index (κ1) is 24.9. The average Bonchev–Trinajstić information content (AvgIpc) is 3.42. The van der Waals surface area contributed by atoms with E-state index >= 15 is 0 Å². The number of nitrogens with one attached hydrogen (secondary N) is 1. The molecule has 0 amide bonds. The number of rotatable bonds is 6. The van der Waals surface area contributed by atoms with Crippen LogP contribution >= 0.6 is 11.3 Å². The van der Waals surface area contributed by atoms with Crippen LogP contribution in [0.5, 0.6) is 0 Å². The number of carbonyl (C=O) groups is 1. The molecule has 0 unspecified atom stereocenters. The summed E-state index contributed by atoms with van der Waals surface area (Å²) < 4.78 is 60.4. The van der Waals surface area contributed by atoms with Gasteiger partial charge in [-0.2, -0.15) is 32.1 Å². The number of aromatic nitrogens is 5. The highest BCUT2D eigenvalue weighted by molar-refractivity contribution is 7.15. The molecule has 0 fully saturated rings. The van der Waals surface area contributed by atoms with Crippen molar-refractivity contribution in [2.75, 3.05) is 6.54 Å². The van der Waals surface area contributed by atoms with Crippen molar-refractivity contribution in [3.63, 3.8) is 0 Å². The van der Waals surface area contributed by atoms with Gasteiger partial charge in [-0.05, 0) is 12.1 Å². The van der Waals surface area contributed by atoms with Gasteiger partial charge in [-0.25, -0.2) is 14.7 Å². The number of carboxylic acid groups (broad SMARTS) is 1. The van der Waals surface area contributed by atoms with Crippen LogP contribution in [0, 0.1) is 0 Å². The van der Waals surface area contributed by atoms with Gasteiger partial charge in [0.25, 0.3) is 6.08 Å². The van der Waals surface area contributed by atoms with Crippen LogP contribution in [0.15, 0.2) is 41.0 Å². The molecule has 0 aromatic carbocycles. The molecule has 174 valence electrons. The van der Waals surface area contributed by atoms with Crippen LogP contribution in [-0.2, 0) is 24.8 Å². The lowest BCUT2D eigenvalue weighted by Crippen LogP contribution is -2.21. The topological polar surface area (TPSA) is 132 Å². The molecule has 3 heterocycles. The second-order valence-electron chi connectivity index (χ2n) is 6.25. The number of H-pyrrole nitrogens is 1. The summed E-state index contributed by atoms with van der Waals surface area (Å²) in [4.78, 5) is 22.8. The van der Waals surface area contributed by atoms with Gasteiger partial charge in [0.15, 0.2) is 0 Å². The number of alkyl halides is 3. The minimum atomic E-state index is -5.08. The number of aliphatic carboxylic acids is 1. The molecular formula is C17H17F5N6O3S. The summed E-state index contributed by atoms with van der Waals surface area (Å²) in [6.45, 7) is -0.0328. The van der Waals surface area contributed by atoms with Gasteiger partial charge < -0.3 is 10.8 Å². The Morgan fingerprint density at radius 2 is 1.97 bits per heavy atom. The molecule has 0 aliphatic rings. The van der Waals surface area contributed by atoms with E-state index in [0.29, 0.717) is 0 Å². The van der Waals surface area contributed by atoms with E-state index in [2.05, 4.69) is 15.3 Å². The highest BCUT2D eigenvalue weighted by atomic mass is 32.1. The summed E-state index contributed by atoms with van der Waals surface area (Å²) in [7, 11) is 1.84. The maximum Gasteiger partial charge on any atom is 0.490 e. The van der Waals surface area contributed by atoms with Crippen LogP contribution in [0.4, 0.5) is 22.0 Å². The van der Waals surface area contributed by atoms with Gasteiger partial charge in [-0.3, -0.25) is 9.25 Å². The number of aryl methyl sites for hydroxylation is 1. The molecular weight excluding hydrogens is 463 g/mol. The Morgan fingerprint density at radius 1 is 1.31 bits per heavy atom. The van der Waals surface area contributed by atoms with Gasteiger partial charge in [0, 0.05) is 47.1 Å². The Labute approximate surface area is 180 Å². The summed E-state index contributed by atoms with van der Waals surface area (Å²) in [6, 6.07) is 3.83. The van der Waals surface area contributed by atoms with E-state index in [0.717, 1.165) is 15.3 Å². The molecule has 0 atom stereocenters. The Hall–Kier alpha value is -3.33. The first-order valence-electron chi connectivity index (χ1n) is 8.67. The lowest BCUT2D eigenvalue weighted by atomic mass is 10.2. The Balaban J connectivity index is 0.000000451. The predicted octanol–water partition coefficient (Wildman–Crippen LogP) is 2.37. The molecule has 3 aromatic heterocycles. The molecule has 0 radical (unpaired) electrons. The molecule has 4 N–H and O–H groups in total. The molecule has 0 spiro atoms. The summed E-state index contributed by atoms with van der Waals surface area (Å²) in [5, 5.41) is 17.4. The van der Waals surface area contributed by atoms with Crippen molar-refractivity contribution in [3.05, 3.63) is 57.4 Å². The first-order valence-corrected chi connectivity index (χ1v) is 9.49. The summed E-state index contributed by atoms with van der Waals surface area (Å²) in [6.07, 6.45) is -3.43. The molecule has 0 saturated carbocycles. The highest BCUT2D eigenvalue weighted by Gasteiger charge is 2.38. The molecule has 0 aliphatic carbocycles.